The third-order valence-electron chi connectivity index (χ3n) is 2.51. The Kier molecular flexibility index (Phi) is 4.71. The molecule has 1 heterocycles. The molecule has 1 N–H and O–H groups in total. The number of methoxy groups -OCH3 is 1. The summed E-state index contributed by atoms with van der Waals surface area (Å²) in [4.78, 5) is 7.33. The number of sulfonamides is 1. The second-order valence-electron chi connectivity index (χ2n) is 3.88. The van der Waals surface area contributed by atoms with E-state index in [4.69, 9.17) is 33.2 Å². The highest BCUT2D eigenvalue weighted by molar-refractivity contribution is 7.92. The number of halogens is 2. The second-order valence-corrected chi connectivity index (χ2v) is 6.33. The highest BCUT2D eigenvalue weighted by Crippen LogP contribution is 2.27. The van der Waals surface area contributed by atoms with Gasteiger partial charge in [0.05, 0.1) is 23.9 Å². The summed E-state index contributed by atoms with van der Waals surface area (Å²) in [6.07, 6.45) is 1.16. The van der Waals surface area contributed by atoms with E-state index < -0.39 is 10.0 Å². The van der Waals surface area contributed by atoms with Crippen molar-refractivity contribution in [3.63, 3.8) is 0 Å². The first-order valence-corrected chi connectivity index (χ1v) is 7.91. The Labute approximate surface area is 136 Å². The van der Waals surface area contributed by atoms with Crippen molar-refractivity contribution >= 4 is 39.0 Å². The number of benzene rings is 1. The van der Waals surface area contributed by atoms with E-state index in [1.807, 2.05) is 0 Å². The van der Waals surface area contributed by atoms with Gasteiger partial charge in [0.15, 0.2) is 5.15 Å². The molecule has 0 aliphatic carbocycles. The topological polar surface area (TPSA) is 105 Å². The first-order valence-electron chi connectivity index (χ1n) is 5.67. The smallest absolute Gasteiger partial charge is 0.264 e. The van der Waals surface area contributed by atoms with Crippen LogP contribution < -0.4 is 9.46 Å². The summed E-state index contributed by atoms with van der Waals surface area (Å²) in [5, 5.41) is 9.14. The molecule has 0 aliphatic rings. The number of ether oxygens (including phenoxy) is 1. The Morgan fingerprint density at radius 1 is 1.36 bits per heavy atom. The Hall–Kier alpha value is -2.08. The zero-order chi connectivity index (χ0) is 16.3. The van der Waals surface area contributed by atoms with Crippen molar-refractivity contribution in [3.05, 3.63) is 40.1 Å². The van der Waals surface area contributed by atoms with Crippen molar-refractivity contribution in [1.29, 1.82) is 5.26 Å². The monoisotopic (exact) mass is 358 g/mol. The van der Waals surface area contributed by atoms with Crippen molar-refractivity contribution in [3.8, 4) is 11.9 Å². The lowest BCUT2D eigenvalue weighted by atomic mass is 10.2. The summed E-state index contributed by atoms with van der Waals surface area (Å²) in [6, 6.07) is 5.84. The minimum Gasteiger partial charge on any atom is -0.478 e. The first kappa shape index (κ1) is 16.3. The van der Waals surface area contributed by atoms with Gasteiger partial charge in [-0.15, -0.1) is 0 Å². The molecule has 0 radical (unpaired) electrons. The van der Waals surface area contributed by atoms with Gasteiger partial charge in [-0.05, 0) is 12.1 Å². The van der Waals surface area contributed by atoms with Gasteiger partial charge in [-0.1, -0.05) is 29.3 Å². The highest BCUT2D eigenvalue weighted by Gasteiger charge is 2.23. The van der Waals surface area contributed by atoms with Gasteiger partial charge in [0.2, 0.25) is 5.82 Å². The van der Waals surface area contributed by atoms with Crippen LogP contribution in [-0.2, 0) is 10.0 Å². The maximum atomic E-state index is 12.4. The molecule has 10 heteroatoms. The molecule has 1 aromatic carbocycles. The summed E-state index contributed by atoms with van der Waals surface area (Å²) in [7, 11) is -2.82. The van der Waals surface area contributed by atoms with Crippen LogP contribution in [0, 0.1) is 11.3 Å². The zero-order valence-corrected chi connectivity index (χ0v) is 13.4. The summed E-state index contributed by atoms with van der Waals surface area (Å²) in [5.74, 6) is -0.257. The van der Waals surface area contributed by atoms with Gasteiger partial charge in [-0.3, -0.25) is 4.72 Å². The number of nitrogens with one attached hydrogen (secondary N) is 1. The van der Waals surface area contributed by atoms with Gasteiger partial charge >= 0.3 is 0 Å². The summed E-state index contributed by atoms with van der Waals surface area (Å²) in [6.45, 7) is 0. The second kappa shape index (κ2) is 6.36. The fourth-order valence-corrected chi connectivity index (χ4v) is 3.17. The molecule has 0 saturated carbocycles. The maximum absolute atomic E-state index is 12.4. The maximum Gasteiger partial charge on any atom is 0.264 e. The number of hydrogen-bond acceptors (Lipinski definition) is 6. The fourth-order valence-electron chi connectivity index (χ4n) is 1.58. The van der Waals surface area contributed by atoms with Crippen molar-refractivity contribution in [2.24, 2.45) is 0 Å². The van der Waals surface area contributed by atoms with Gasteiger partial charge in [0, 0.05) is 0 Å². The SMILES string of the molecule is COc1nc(Cl)cnc1NS(=O)(=O)c1cccc(Cl)c1C#N. The summed E-state index contributed by atoms with van der Waals surface area (Å²) < 4.78 is 31.9. The number of rotatable bonds is 4. The summed E-state index contributed by atoms with van der Waals surface area (Å²) >= 11 is 11.5. The normalized spacial score (nSPS) is 10.8. The van der Waals surface area contributed by atoms with E-state index in [9.17, 15) is 8.42 Å². The van der Waals surface area contributed by atoms with E-state index in [2.05, 4.69) is 14.7 Å². The number of hydrogen-bond donors (Lipinski definition) is 1. The zero-order valence-electron chi connectivity index (χ0n) is 11.0. The van der Waals surface area contributed by atoms with Crippen molar-refractivity contribution in [1.82, 2.24) is 9.97 Å². The van der Waals surface area contributed by atoms with E-state index in [0.717, 1.165) is 6.20 Å². The number of aromatic nitrogens is 2. The average Bonchev–Trinajstić information content (AvgIpc) is 2.48. The minimum absolute atomic E-state index is 0.0273. The van der Waals surface area contributed by atoms with E-state index in [1.54, 1.807) is 6.07 Å². The molecule has 0 fully saturated rings. The third kappa shape index (κ3) is 3.22. The Bertz CT molecular complexity index is 865. The van der Waals surface area contributed by atoms with E-state index in [-0.39, 0.29) is 32.3 Å². The lowest BCUT2D eigenvalue weighted by Crippen LogP contribution is -2.16. The van der Waals surface area contributed by atoms with Gasteiger partial charge < -0.3 is 4.74 Å². The van der Waals surface area contributed by atoms with Crippen molar-refractivity contribution in [2.45, 2.75) is 4.90 Å². The molecule has 22 heavy (non-hydrogen) atoms. The van der Waals surface area contributed by atoms with E-state index >= 15 is 0 Å². The Balaban J connectivity index is 2.50. The van der Waals surface area contributed by atoms with Crippen LogP contribution in [0.5, 0.6) is 5.88 Å². The molecule has 0 aliphatic heterocycles. The molecule has 0 atom stereocenters. The molecule has 2 rings (SSSR count). The molecule has 7 nitrogen and oxygen atoms in total. The quantitative estimate of drug-likeness (QED) is 0.899. The molecule has 0 amide bonds. The lowest BCUT2D eigenvalue weighted by Gasteiger charge is -2.11. The minimum atomic E-state index is -4.11. The van der Waals surface area contributed by atoms with Crippen LogP contribution in [0.1, 0.15) is 5.56 Å². The van der Waals surface area contributed by atoms with Crippen LogP contribution in [0.3, 0.4) is 0 Å². The average molecular weight is 359 g/mol. The molecule has 0 unspecified atom stereocenters. The van der Waals surface area contributed by atoms with Crippen LogP contribution in [0.25, 0.3) is 0 Å². The first-order chi connectivity index (χ1) is 10.4. The van der Waals surface area contributed by atoms with Crippen molar-refractivity contribution in [2.75, 3.05) is 11.8 Å². The third-order valence-corrected chi connectivity index (χ3v) is 4.39. The molecule has 114 valence electrons. The molecule has 2 aromatic rings. The number of anilines is 1. The highest BCUT2D eigenvalue weighted by atomic mass is 35.5. The van der Waals surface area contributed by atoms with Crippen LogP contribution >= 0.6 is 23.2 Å². The summed E-state index contributed by atoms with van der Waals surface area (Å²) in [5.41, 5.74) is -0.169. The number of nitrogens with zero attached hydrogens (tertiary/aromatic N) is 3. The molecule has 1 aromatic heterocycles. The largest absolute Gasteiger partial charge is 0.478 e. The van der Waals surface area contributed by atoms with Gasteiger partial charge in [0.1, 0.15) is 11.0 Å². The van der Waals surface area contributed by atoms with Gasteiger partial charge in [0.25, 0.3) is 15.9 Å². The van der Waals surface area contributed by atoms with E-state index in [1.165, 1.54) is 25.3 Å². The van der Waals surface area contributed by atoms with E-state index in [0.29, 0.717) is 0 Å². The number of nitriles is 1. The van der Waals surface area contributed by atoms with Crippen LogP contribution in [-0.4, -0.2) is 25.5 Å². The van der Waals surface area contributed by atoms with Gasteiger partial charge in [-0.25, -0.2) is 13.4 Å². The molecular formula is C12H8Cl2N4O3S. The van der Waals surface area contributed by atoms with Gasteiger partial charge in [-0.2, -0.15) is 10.2 Å². The predicted octanol–water partition coefficient (Wildman–Crippen LogP) is 2.46. The molecular weight excluding hydrogens is 351 g/mol. The lowest BCUT2D eigenvalue weighted by molar-refractivity contribution is 0.398. The van der Waals surface area contributed by atoms with Crippen LogP contribution in [0.15, 0.2) is 29.3 Å². The van der Waals surface area contributed by atoms with Crippen LogP contribution in [0.2, 0.25) is 10.2 Å². The fraction of sp³-hybridized carbons (Fsp3) is 0.0833. The molecule has 0 saturated heterocycles. The molecule has 0 bridgehead atoms. The standard InChI is InChI=1S/C12H8Cl2N4O3S/c1-21-12-11(16-6-10(14)17-12)18-22(19,20)9-4-2-3-8(13)7(9)5-15/h2-4,6H,1H3,(H,16,18). The van der Waals surface area contributed by atoms with Crippen LogP contribution in [0.4, 0.5) is 5.82 Å². The Morgan fingerprint density at radius 2 is 2.09 bits per heavy atom. The molecule has 0 spiro atoms. The Morgan fingerprint density at radius 3 is 2.73 bits per heavy atom. The van der Waals surface area contributed by atoms with Crippen molar-refractivity contribution < 1.29 is 13.2 Å². The predicted molar refractivity (Wildman–Crippen MR) is 80.6 cm³/mol.